The summed E-state index contributed by atoms with van der Waals surface area (Å²) in [6.07, 6.45) is 3.44. The Bertz CT molecular complexity index is 850. The lowest BCUT2D eigenvalue weighted by molar-refractivity contribution is 0.0179. The Hall–Kier alpha value is -2.09. The molecular weight excluding hydrogens is 380 g/mol. The molecule has 0 aromatic heterocycles. The Labute approximate surface area is 166 Å². The van der Waals surface area contributed by atoms with Crippen LogP contribution in [0.25, 0.3) is 0 Å². The number of hydrogen-bond donors (Lipinski definition) is 0. The standard InChI is InChI=1S/C20H28N2O5S/c1-20(2,3)27-19(23)22-12-10-15(11-13-22)7-6-14-26-18-16-8-4-5-9-17(16)28(24,25)21-18/h4-5,8-9,15H,6-7,10-14H2,1-3H3. The molecule has 0 aliphatic carbocycles. The number of nitrogens with zero attached hydrogens (tertiary/aromatic N) is 2. The second-order valence-corrected chi connectivity index (χ2v) is 9.84. The van der Waals surface area contributed by atoms with E-state index in [0.29, 0.717) is 31.2 Å². The highest BCUT2D eigenvalue weighted by Crippen LogP contribution is 2.27. The quantitative estimate of drug-likeness (QED) is 0.711. The molecule has 2 aliphatic heterocycles. The molecule has 1 saturated heterocycles. The molecule has 2 heterocycles. The molecule has 1 aromatic rings. The molecule has 0 atom stereocenters. The first kappa shape index (κ1) is 20.6. The molecule has 0 saturated carbocycles. The maximum absolute atomic E-state index is 12.1. The van der Waals surface area contributed by atoms with Gasteiger partial charge >= 0.3 is 6.09 Å². The number of ether oxygens (including phenoxy) is 2. The summed E-state index contributed by atoms with van der Waals surface area (Å²) in [5, 5.41) is 0. The van der Waals surface area contributed by atoms with Crippen molar-refractivity contribution >= 4 is 22.0 Å². The van der Waals surface area contributed by atoms with Crippen molar-refractivity contribution in [3.63, 3.8) is 0 Å². The molecule has 7 nitrogen and oxygen atoms in total. The monoisotopic (exact) mass is 408 g/mol. The van der Waals surface area contributed by atoms with Gasteiger partial charge in [-0.15, -0.1) is 4.40 Å². The summed E-state index contributed by atoms with van der Waals surface area (Å²) < 4.78 is 38.8. The number of piperidine rings is 1. The lowest BCUT2D eigenvalue weighted by Gasteiger charge is -2.33. The lowest BCUT2D eigenvalue weighted by atomic mass is 9.92. The van der Waals surface area contributed by atoms with Crippen LogP contribution in [-0.2, 0) is 19.5 Å². The van der Waals surface area contributed by atoms with E-state index in [9.17, 15) is 13.2 Å². The first-order valence-corrected chi connectivity index (χ1v) is 11.1. The van der Waals surface area contributed by atoms with Crippen molar-refractivity contribution < 1.29 is 22.7 Å². The van der Waals surface area contributed by atoms with E-state index in [2.05, 4.69) is 4.40 Å². The summed E-state index contributed by atoms with van der Waals surface area (Å²) in [6, 6.07) is 6.71. The average molecular weight is 409 g/mol. The van der Waals surface area contributed by atoms with Crippen LogP contribution in [0.4, 0.5) is 4.79 Å². The molecule has 0 spiro atoms. The van der Waals surface area contributed by atoms with Crippen molar-refractivity contribution in [2.45, 2.75) is 57.0 Å². The molecule has 0 radical (unpaired) electrons. The molecule has 0 N–H and O–H groups in total. The van der Waals surface area contributed by atoms with Crippen molar-refractivity contribution in [1.29, 1.82) is 0 Å². The number of benzene rings is 1. The van der Waals surface area contributed by atoms with E-state index >= 15 is 0 Å². The normalized spacial score (nSPS) is 19.1. The molecule has 1 aromatic carbocycles. The van der Waals surface area contributed by atoms with E-state index in [1.54, 1.807) is 29.2 Å². The molecule has 1 fully saturated rings. The van der Waals surface area contributed by atoms with Crippen LogP contribution in [0.5, 0.6) is 0 Å². The van der Waals surface area contributed by atoms with Crippen LogP contribution in [0, 0.1) is 5.92 Å². The van der Waals surface area contributed by atoms with Crippen LogP contribution in [0.3, 0.4) is 0 Å². The van der Waals surface area contributed by atoms with Crippen LogP contribution >= 0.6 is 0 Å². The smallest absolute Gasteiger partial charge is 0.410 e. The zero-order valence-corrected chi connectivity index (χ0v) is 17.5. The SMILES string of the molecule is CC(C)(C)OC(=O)N1CCC(CCCOC2=NS(=O)(=O)c3ccccc32)CC1. The number of fused-ring (bicyclic) bond motifs is 1. The first-order chi connectivity index (χ1) is 13.2. The minimum Gasteiger partial charge on any atom is -0.477 e. The van der Waals surface area contributed by atoms with Gasteiger partial charge in [0.1, 0.15) is 10.5 Å². The largest absolute Gasteiger partial charge is 0.477 e. The number of amides is 1. The molecule has 0 unspecified atom stereocenters. The van der Waals surface area contributed by atoms with Crippen molar-refractivity contribution in [3.05, 3.63) is 29.8 Å². The van der Waals surface area contributed by atoms with Gasteiger partial charge in [-0.25, -0.2) is 4.79 Å². The fourth-order valence-corrected chi connectivity index (χ4v) is 4.60. The Kier molecular flexibility index (Phi) is 5.98. The molecule has 28 heavy (non-hydrogen) atoms. The summed E-state index contributed by atoms with van der Waals surface area (Å²) in [7, 11) is -3.63. The second-order valence-electron chi connectivity index (χ2n) is 8.27. The van der Waals surface area contributed by atoms with Gasteiger partial charge in [0.2, 0.25) is 5.90 Å². The van der Waals surface area contributed by atoms with Gasteiger partial charge in [-0.1, -0.05) is 12.1 Å². The van der Waals surface area contributed by atoms with Gasteiger partial charge in [0.05, 0.1) is 12.2 Å². The van der Waals surface area contributed by atoms with Gasteiger partial charge in [-0.2, -0.15) is 8.42 Å². The third kappa shape index (κ3) is 5.04. The summed E-state index contributed by atoms with van der Waals surface area (Å²) in [4.78, 5) is 14.1. The fraction of sp³-hybridized carbons (Fsp3) is 0.600. The topological polar surface area (TPSA) is 85.3 Å². The van der Waals surface area contributed by atoms with Gasteiger partial charge < -0.3 is 14.4 Å². The van der Waals surface area contributed by atoms with E-state index in [-0.39, 0.29) is 16.9 Å². The first-order valence-electron chi connectivity index (χ1n) is 9.71. The van der Waals surface area contributed by atoms with Gasteiger partial charge in [0.25, 0.3) is 10.0 Å². The highest BCUT2D eigenvalue weighted by Gasteiger charge is 2.30. The molecule has 1 amide bonds. The Morgan fingerprint density at radius 3 is 2.57 bits per heavy atom. The Morgan fingerprint density at radius 2 is 1.89 bits per heavy atom. The summed E-state index contributed by atoms with van der Waals surface area (Å²) in [5.74, 6) is 0.721. The number of sulfonamides is 1. The maximum Gasteiger partial charge on any atom is 0.410 e. The van der Waals surface area contributed by atoms with E-state index in [1.165, 1.54) is 0 Å². The third-order valence-corrected chi connectivity index (χ3v) is 6.18. The third-order valence-electron chi connectivity index (χ3n) is 4.86. The zero-order valence-electron chi connectivity index (χ0n) is 16.7. The van der Waals surface area contributed by atoms with Crippen LogP contribution in [0.1, 0.15) is 52.0 Å². The van der Waals surface area contributed by atoms with E-state index in [0.717, 1.165) is 25.7 Å². The zero-order chi connectivity index (χ0) is 20.4. The number of carbonyl (C=O) groups is 1. The second kappa shape index (κ2) is 8.11. The van der Waals surface area contributed by atoms with E-state index in [1.807, 2.05) is 20.8 Å². The Balaban J connectivity index is 1.40. The van der Waals surface area contributed by atoms with Gasteiger partial charge in [0, 0.05) is 13.1 Å². The fourth-order valence-electron chi connectivity index (χ4n) is 3.45. The van der Waals surface area contributed by atoms with Crippen LogP contribution in [-0.4, -0.2) is 50.6 Å². The van der Waals surface area contributed by atoms with Crippen molar-refractivity contribution in [3.8, 4) is 0 Å². The van der Waals surface area contributed by atoms with Crippen LogP contribution in [0.15, 0.2) is 33.6 Å². The number of carbonyl (C=O) groups excluding carboxylic acids is 1. The van der Waals surface area contributed by atoms with Gasteiger partial charge in [-0.05, 0) is 64.5 Å². The summed E-state index contributed by atoms with van der Waals surface area (Å²) >= 11 is 0. The maximum atomic E-state index is 12.1. The van der Waals surface area contributed by atoms with Crippen molar-refractivity contribution in [2.24, 2.45) is 10.3 Å². The van der Waals surface area contributed by atoms with Crippen molar-refractivity contribution in [1.82, 2.24) is 4.90 Å². The molecule has 3 rings (SSSR count). The van der Waals surface area contributed by atoms with Gasteiger partial charge in [0.15, 0.2) is 0 Å². The minimum atomic E-state index is -3.63. The molecule has 0 bridgehead atoms. The number of rotatable bonds is 4. The summed E-state index contributed by atoms with van der Waals surface area (Å²) in [5.41, 5.74) is 0.0634. The highest BCUT2D eigenvalue weighted by molar-refractivity contribution is 7.90. The molecule has 8 heteroatoms. The predicted octanol–water partition coefficient (Wildman–Crippen LogP) is 3.58. The van der Waals surface area contributed by atoms with Crippen LogP contribution in [0.2, 0.25) is 0 Å². The lowest BCUT2D eigenvalue weighted by Crippen LogP contribution is -2.41. The Morgan fingerprint density at radius 1 is 1.21 bits per heavy atom. The van der Waals surface area contributed by atoms with Gasteiger partial charge in [-0.3, -0.25) is 0 Å². The molecular formula is C20H28N2O5S. The number of hydrogen-bond acceptors (Lipinski definition) is 5. The molecule has 2 aliphatic rings. The van der Waals surface area contributed by atoms with Crippen LogP contribution < -0.4 is 0 Å². The van der Waals surface area contributed by atoms with Crippen molar-refractivity contribution in [2.75, 3.05) is 19.7 Å². The average Bonchev–Trinajstić information content (AvgIpc) is 2.89. The summed E-state index contributed by atoms with van der Waals surface area (Å²) in [6.45, 7) is 7.45. The number of likely N-dealkylation sites (tertiary alicyclic amines) is 1. The van der Waals surface area contributed by atoms with E-state index < -0.39 is 15.6 Å². The highest BCUT2D eigenvalue weighted by atomic mass is 32.2. The minimum absolute atomic E-state index is 0.190. The van der Waals surface area contributed by atoms with E-state index in [4.69, 9.17) is 9.47 Å². The molecule has 154 valence electrons. The predicted molar refractivity (Wildman–Crippen MR) is 106 cm³/mol.